The van der Waals surface area contributed by atoms with Crippen LogP contribution in [0.25, 0.3) is 6.08 Å². The van der Waals surface area contributed by atoms with Gasteiger partial charge < -0.3 is 9.84 Å². The van der Waals surface area contributed by atoms with Crippen LogP contribution in [-0.4, -0.2) is 29.8 Å². The average Bonchev–Trinajstić information content (AvgIpc) is 2.61. The van der Waals surface area contributed by atoms with Crippen LogP contribution < -0.4 is 0 Å². The van der Waals surface area contributed by atoms with Gasteiger partial charge in [-0.15, -0.1) is 11.3 Å². The first kappa shape index (κ1) is 13.7. The van der Waals surface area contributed by atoms with Gasteiger partial charge >= 0.3 is 12.1 Å². The molecule has 1 aromatic rings. The molecule has 0 spiro atoms. The lowest BCUT2D eigenvalue weighted by atomic mass is 10.3. The molecule has 1 aromatic heterocycles. The number of carboxylic acid groups (broad SMARTS) is 1. The summed E-state index contributed by atoms with van der Waals surface area (Å²) in [5.41, 5.74) is -0.602. The second kappa shape index (κ2) is 5.28. The van der Waals surface area contributed by atoms with Gasteiger partial charge in [-0.1, -0.05) is 6.08 Å². The van der Waals surface area contributed by atoms with Crippen molar-refractivity contribution in [3.05, 3.63) is 21.7 Å². The molecule has 0 fully saturated rings. The third-order valence-electron chi connectivity index (χ3n) is 1.63. The zero-order valence-corrected chi connectivity index (χ0v) is 9.43. The number of hydrogen-bond acceptors (Lipinski definition) is 4. The SMILES string of the molecule is COC/C=C/c1sc(C(F)(F)F)nc1C(=O)O. The summed E-state index contributed by atoms with van der Waals surface area (Å²) in [6, 6.07) is 0. The predicted octanol–water partition coefficient (Wildman–Crippen LogP) is 2.52. The minimum Gasteiger partial charge on any atom is -0.476 e. The van der Waals surface area contributed by atoms with E-state index in [1.54, 1.807) is 0 Å². The zero-order valence-electron chi connectivity index (χ0n) is 8.61. The van der Waals surface area contributed by atoms with Crippen LogP contribution in [-0.2, 0) is 10.9 Å². The van der Waals surface area contributed by atoms with Crippen molar-refractivity contribution < 1.29 is 27.8 Å². The fraction of sp³-hybridized carbons (Fsp3) is 0.333. The van der Waals surface area contributed by atoms with Crippen molar-refractivity contribution in [2.24, 2.45) is 0 Å². The highest BCUT2D eigenvalue weighted by atomic mass is 32.1. The molecule has 0 bridgehead atoms. The van der Waals surface area contributed by atoms with Crippen LogP contribution in [0.3, 0.4) is 0 Å². The highest BCUT2D eigenvalue weighted by molar-refractivity contribution is 7.13. The molecular formula is C9H8F3NO3S. The molecular weight excluding hydrogens is 259 g/mol. The van der Waals surface area contributed by atoms with Crippen LogP contribution in [0.15, 0.2) is 6.08 Å². The fourth-order valence-electron chi connectivity index (χ4n) is 0.971. The van der Waals surface area contributed by atoms with Crippen LogP contribution in [0.1, 0.15) is 20.4 Å². The molecule has 4 nitrogen and oxygen atoms in total. The lowest BCUT2D eigenvalue weighted by Crippen LogP contribution is -2.06. The number of carbonyl (C=O) groups is 1. The van der Waals surface area contributed by atoms with Crippen molar-refractivity contribution in [3.8, 4) is 0 Å². The molecule has 0 amide bonds. The molecule has 0 aliphatic rings. The van der Waals surface area contributed by atoms with E-state index >= 15 is 0 Å². The summed E-state index contributed by atoms with van der Waals surface area (Å²) in [4.78, 5) is 13.7. The lowest BCUT2D eigenvalue weighted by Gasteiger charge is -1.98. The Morgan fingerprint density at radius 3 is 2.71 bits per heavy atom. The van der Waals surface area contributed by atoms with Crippen molar-refractivity contribution in [3.63, 3.8) is 0 Å². The zero-order chi connectivity index (χ0) is 13.1. The summed E-state index contributed by atoms with van der Waals surface area (Å²) in [6.07, 6.45) is -1.97. The molecule has 0 saturated heterocycles. The van der Waals surface area contributed by atoms with Crippen LogP contribution in [0.2, 0.25) is 0 Å². The van der Waals surface area contributed by atoms with Gasteiger partial charge in [-0.25, -0.2) is 9.78 Å². The number of alkyl halides is 3. The number of aromatic carboxylic acids is 1. The Balaban J connectivity index is 3.10. The first-order valence-corrected chi connectivity index (χ1v) is 5.14. The summed E-state index contributed by atoms with van der Waals surface area (Å²) >= 11 is 0.286. The Morgan fingerprint density at radius 1 is 1.59 bits per heavy atom. The first-order valence-electron chi connectivity index (χ1n) is 4.33. The van der Waals surface area contributed by atoms with Gasteiger partial charge in [0, 0.05) is 7.11 Å². The number of rotatable bonds is 4. The highest BCUT2D eigenvalue weighted by Crippen LogP contribution is 2.34. The van der Waals surface area contributed by atoms with E-state index in [2.05, 4.69) is 9.72 Å². The Labute approximate surface area is 98.4 Å². The van der Waals surface area contributed by atoms with Gasteiger partial charge in [0.05, 0.1) is 11.5 Å². The van der Waals surface area contributed by atoms with Crippen molar-refractivity contribution in [1.82, 2.24) is 4.98 Å². The van der Waals surface area contributed by atoms with E-state index in [1.807, 2.05) is 0 Å². The van der Waals surface area contributed by atoms with Crippen molar-refractivity contribution in [2.45, 2.75) is 6.18 Å². The van der Waals surface area contributed by atoms with E-state index in [0.29, 0.717) is 0 Å². The van der Waals surface area contributed by atoms with Crippen molar-refractivity contribution >= 4 is 23.4 Å². The number of ether oxygens (including phenoxy) is 1. The van der Waals surface area contributed by atoms with E-state index in [4.69, 9.17) is 5.11 Å². The minimum absolute atomic E-state index is 0.0538. The third-order valence-corrected chi connectivity index (χ3v) is 2.70. The monoisotopic (exact) mass is 267 g/mol. The molecule has 0 aliphatic heterocycles. The summed E-state index contributed by atoms with van der Waals surface area (Å²) in [6.45, 7) is 0.179. The minimum atomic E-state index is -4.64. The van der Waals surface area contributed by atoms with Gasteiger partial charge in [-0.3, -0.25) is 0 Å². The molecule has 94 valence electrons. The van der Waals surface area contributed by atoms with Crippen LogP contribution in [0.5, 0.6) is 0 Å². The maximum Gasteiger partial charge on any atom is 0.443 e. The average molecular weight is 267 g/mol. The van der Waals surface area contributed by atoms with E-state index < -0.39 is 22.8 Å². The standard InChI is InChI=1S/C9H8F3NO3S/c1-16-4-2-3-5-6(7(14)15)13-8(17-5)9(10,11)12/h2-3H,4H2,1H3,(H,14,15)/b3-2+. The Morgan fingerprint density at radius 2 is 2.24 bits per heavy atom. The largest absolute Gasteiger partial charge is 0.476 e. The summed E-state index contributed by atoms with van der Waals surface area (Å²) in [7, 11) is 1.41. The Bertz CT molecular complexity index is 439. The first-order chi connectivity index (χ1) is 7.86. The number of methoxy groups -OCH3 is 1. The van der Waals surface area contributed by atoms with Crippen molar-refractivity contribution in [2.75, 3.05) is 13.7 Å². The molecule has 0 aromatic carbocycles. The second-order valence-corrected chi connectivity index (χ2v) is 3.92. The van der Waals surface area contributed by atoms with Crippen molar-refractivity contribution in [1.29, 1.82) is 0 Å². The van der Waals surface area contributed by atoms with Gasteiger partial charge in [-0.05, 0) is 6.08 Å². The number of carboxylic acids is 1. The molecule has 1 heterocycles. The quantitative estimate of drug-likeness (QED) is 0.910. The summed E-state index contributed by atoms with van der Waals surface area (Å²) in [5.74, 6) is -1.49. The van der Waals surface area contributed by atoms with Gasteiger partial charge in [0.1, 0.15) is 0 Å². The van der Waals surface area contributed by atoms with E-state index in [0.717, 1.165) is 0 Å². The lowest BCUT2D eigenvalue weighted by molar-refractivity contribution is -0.137. The molecule has 1 N–H and O–H groups in total. The van der Waals surface area contributed by atoms with E-state index in [-0.39, 0.29) is 22.8 Å². The Kier molecular flexibility index (Phi) is 4.24. The van der Waals surface area contributed by atoms with Gasteiger partial charge in [0.2, 0.25) is 0 Å². The summed E-state index contributed by atoms with van der Waals surface area (Å²) in [5, 5.41) is 7.54. The Hall–Kier alpha value is -1.41. The maximum absolute atomic E-state index is 12.3. The van der Waals surface area contributed by atoms with Crippen LogP contribution >= 0.6 is 11.3 Å². The van der Waals surface area contributed by atoms with E-state index in [1.165, 1.54) is 19.3 Å². The van der Waals surface area contributed by atoms with E-state index in [9.17, 15) is 18.0 Å². The number of aromatic nitrogens is 1. The number of nitrogens with zero attached hydrogens (tertiary/aromatic N) is 1. The molecule has 1 rings (SSSR count). The van der Waals surface area contributed by atoms with Crippen LogP contribution in [0, 0.1) is 0 Å². The molecule has 0 radical (unpaired) electrons. The topological polar surface area (TPSA) is 59.4 Å². The molecule has 0 saturated carbocycles. The second-order valence-electron chi connectivity index (χ2n) is 2.89. The van der Waals surface area contributed by atoms with Crippen LogP contribution in [0.4, 0.5) is 13.2 Å². The maximum atomic E-state index is 12.3. The molecule has 8 heteroatoms. The van der Waals surface area contributed by atoms with Gasteiger partial charge in [-0.2, -0.15) is 13.2 Å². The normalized spacial score (nSPS) is 12.2. The smallest absolute Gasteiger partial charge is 0.443 e. The molecule has 17 heavy (non-hydrogen) atoms. The number of halogens is 3. The summed E-state index contributed by atoms with van der Waals surface area (Å²) < 4.78 is 41.7. The van der Waals surface area contributed by atoms with Gasteiger partial charge in [0.15, 0.2) is 10.7 Å². The highest BCUT2D eigenvalue weighted by Gasteiger charge is 2.36. The molecule has 0 atom stereocenters. The third kappa shape index (κ3) is 3.53. The number of thiazole rings is 1. The number of hydrogen-bond donors (Lipinski definition) is 1. The molecule has 0 unspecified atom stereocenters. The molecule has 0 aliphatic carbocycles. The predicted molar refractivity (Wildman–Crippen MR) is 55.0 cm³/mol. The van der Waals surface area contributed by atoms with Gasteiger partial charge in [0.25, 0.3) is 0 Å². The fourth-order valence-corrected chi connectivity index (χ4v) is 1.83.